The standard InChI is InChI=1S/C19H24N2.2ClH/c1-20(2)12-13-21-15-17-10-6-7-11-18(17)19(21)14-16-8-4-3-5-9-16;;/h3-11,19H,12-15H2,1-2H3;2*1H. The minimum atomic E-state index is 0. The third-order valence-corrected chi connectivity index (χ3v) is 4.33. The van der Waals surface area contributed by atoms with Gasteiger partial charge >= 0.3 is 0 Å². The molecule has 0 spiro atoms. The van der Waals surface area contributed by atoms with E-state index in [1.54, 1.807) is 0 Å². The van der Waals surface area contributed by atoms with E-state index in [2.05, 4.69) is 78.5 Å². The quantitative estimate of drug-likeness (QED) is 0.795. The van der Waals surface area contributed by atoms with Crippen molar-refractivity contribution in [2.45, 2.75) is 19.0 Å². The van der Waals surface area contributed by atoms with Gasteiger partial charge in [0.2, 0.25) is 0 Å². The Balaban J connectivity index is 0.00000132. The first-order valence-electron chi connectivity index (χ1n) is 7.74. The highest BCUT2D eigenvalue weighted by molar-refractivity contribution is 5.85. The molecule has 3 rings (SSSR count). The van der Waals surface area contributed by atoms with Crippen molar-refractivity contribution >= 4 is 24.8 Å². The van der Waals surface area contributed by atoms with Crippen LogP contribution < -0.4 is 0 Å². The van der Waals surface area contributed by atoms with Gasteiger partial charge in [-0.15, -0.1) is 24.8 Å². The van der Waals surface area contributed by atoms with Crippen LogP contribution in [0.1, 0.15) is 22.7 Å². The van der Waals surface area contributed by atoms with Crippen molar-refractivity contribution in [3.05, 3.63) is 71.3 Å². The summed E-state index contributed by atoms with van der Waals surface area (Å²) >= 11 is 0. The molecule has 0 N–H and O–H groups in total. The summed E-state index contributed by atoms with van der Waals surface area (Å²) in [4.78, 5) is 4.89. The van der Waals surface area contributed by atoms with Gasteiger partial charge in [0.05, 0.1) is 0 Å². The molecule has 1 aliphatic heterocycles. The van der Waals surface area contributed by atoms with Crippen molar-refractivity contribution in [1.29, 1.82) is 0 Å². The number of hydrogen-bond donors (Lipinski definition) is 0. The summed E-state index contributed by atoms with van der Waals surface area (Å²) in [6, 6.07) is 20.3. The largest absolute Gasteiger partial charge is 0.308 e. The highest BCUT2D eigenvalue weighted by Crippen LogP contribution is 2.35. The minimum absolute atomic E-state index is 0. The summed E-state index contributed by atoms with van der Waals surface area (Å²) in [5.41, 5.74) is 4.44. The molecule has 2 nitrogen and oxygen atoms in total. The molecule has 1 atom stereocenters. The molecule has 0 fully saturated rings. The molecule has 1 aliphatic rings. The van der Waals surface area contributed by atoms with Gasteiger partial charge in [-0.3, -0.25) is 4.90 Å². The fraction of sp³-hybridized carbons (Fsp3) is 0.368. The second-order valence-corrected chi connectivity index (χ2v) is 6.18. The van der Waals surface area contributed by atoms with Crippen molar-refractivity contribution in [2.75, 3.05) is 27.2 Å². The first-order chi connectivity index (χ1) is 10.2. The fourth-order valence-electron chi connectivity index (χ4n) is 3.17. The Morgan fingerprint density at radius 2 is 1.61 bits per heavy atom. The minimum Gasteiger partial charge on any atom is -0.308 e. The van der Waals surface area contributed by atoms with Crippen LogP contribution in [0.4, 0.5) is 0 Å². The van der Waals surface area contributed by atoms with Gasteiger partial charge in [0.1, 0.15) is 0 Å². The van der Waals surface area contributed by atoms with Gasteiger partial charge in [0, 0.05) is 25.7 Å². The maximum Gasteiger partial charge on any atom is 0.0395 e. The Kier molecular flexibility index (Phi) is 8.07. The molecule has 0 aromatic heterocycles. The summed E-state index contributed by atoms with van der Waals surface area (Å²) in [6.45, 7) is 3.32. The second kappa shape index (κ2) is 9.29. The summed E-state index contributed by atoms with van der Waals surface area (Å²) in [7, 11) is 4.30. The number of halogens is 2. The lowest BCUT2D eigenvalue weighted by atomic mass is 9.98. The normalized spacial score (nSPS) is 16.6. The van der Waals surface area contributed by atoms with Crippen molar-refractivity contribution in [3.8, 4) is 0 Å². The molecule has 0 saturated heterocycles. The predicted molar refractivity (Wildman–Crippen MR) is 103 cm³/mol. The van der Waals surface area contributed by atoms with E-state index in [1.807, 2.05) is 0 Å². The predicted octanol–water partition coefficient (Wildman–Crippen LogP) is 4.19. The van der Waals surface area contributed by atoms with Gasteiger partial charge < -0.3 is 4.90 Å². The van der Waals surface area contributed by atoms with Crippen LogP contribution in [0.5, 0.6) is 0 Å². The maximum atomic E-state index is 2.62. The zero-order valence-corrected chi connectivity index (χ0v) is 15.4. The Morgan fingerprint density at radius 1 is 0.957 bits per heavy atom. The number of rotatable bonds is 5. The number of benzene rings is 2. The second-order valence-electron chi connectivity index (χ2n) is 6.18. The number of hydrogen-bond acceptors (Lipinski definition) is 2. The lowest BCUT2D eigenvalue weighted by Gasteiger charge is -2.26. The van der Waals surface area contributed by atoms with Crippen molar-refractivity contribution in [3.63, 3.8) is 0 Å². The highest BCUT2D eigenvalue weighted by Gasteiger charge is 2.29. The van der Waals surface area contributed by atoms with E-state index < -0.39 is 0 Å². The van der Waals surface area contributed by atoms with E-state index in [9.17, 15) is 0 Å². The van der Waals surface area contributed by atoms with Crippen LogP contribution >= 0.6 is 24.8 Å². The first-order valence-corrected chi connectivity index (χ1v) is 7.74. The fourth-order valence-corrected chi connectivity index (χ4v) is 3.17. The molecule has 0 aliphatic carbocycles. The molecular weight excluding hydrogens is 327 g/mol. The van der Waals surface area contributed by atoms with Crippen LogP contribution in [-0.2, 0) is 13.0 Å². The van der Waals surface area contributed by atoms with Crippen LogP contribution in [0, 0.1) is 0 Å². The van der Waals surface area contributed by atoms with E-state index in [0.717, 1.165) is 26.1 Å². The van der Waals surface area contributed by atoms with Crippen molar-refractivity contribution in [1.82, 2.24) is 9.80 Å². The van der Waals surface area contributed by atoms with Crippen LogP contribution in [0.15, 0.2) is 54.6 Å². The van der Waals surface area contributed by atoms with Gasteiger partial charge in [0.25, 0.3) is 0 Å². The van der Waals surface area contributed by atoms with Crippen LogP contribution in [0.2, 0.25) is 0 Å². The Morgan fingerprint density at radius 3 is 2.30 bits per heavy atom. The molecule has 2 aromatic rings. The van der Waals surface area contributed by atoms with Crippen molar-refractivity contribution < 1.29 is 0 Å². The number of likely N-dealkylation sites (N-methyl/N-ethyl adjacent to an activating group) is 1. The van der Waals surface area contributed by atoms with Crippen molar-refractivity contribution in [2.24, 2.45) is 0 Å². The van der Waals surface area contributed by atoms with Crippen LogP contribution in [0.25, 0.3) is 0 Å². The molecule has 126 valence electrons. The van der Waals surface area contributed by atoms with Gasteiger partial charge in [-0.2, -0.15) is 0 Å². The Hall–Kier alpha value is -1.06. The van der Waals surface area contributed by atoms with E-state index in [1.165, 1.54) is 16.7 Å². The molecule has 1 heterocycles. The molecule has 23 heavy (non-hydrogen) atoms. The average molecular weight is 353 g/mol. The SMILES string of the molecule is CN(C)CCN1Cc2ccccc2C1Cc1ccccc1.Cl.Cl. The molecule has 0 saturated carbocycles. The van der Waals surface area contributed by atoms with Crippen LogP contribution in [-0.4, -0.2) is 37.0 Å². The van der Waals surface area contributed by atoms with E-state index >= 15 is 0 Å². The third kappa shape index (κ3) is 4.95. The maximum absolute atomic E-state index is 2.62. The number of nitrogens with zero attached hydrogens (tertiary/aromatic N) is 2. The van der Waals surface area contributed by atoms with Gasteiger partial charge in [-0.1, -0.05) is 54.6 Å². The Bertz CT molecular complexity index is 587. The topological polar surface area (TPSA) is 6.48 Å². The zero-order valence-electron chi connectivity index (χ0n) is 13.8. The number of fused-ring (bicyclic) bond motifs is 1. The molecule has 1 unspecified atom stereocenters. The molecule has 4 heteroatoms. The molecule has 0 amide bonds. The zero-order chi connectivity index (χ0) is 14.7. The van der Waals surface area contributed by atoms with E-state index in [-0.39, 0.29) is 24.8 Å². The van der Waals surface area contributed by atoms with Gasteiger partial charge in [-0.05, 0) is 37.2 Å². The third-order valence-electron chi connectivity index (χ3n) is 4.33. The lowest BCUT2D eigenvalue weighted by Crippen LogP contribution is -2.31. The average Bonchev–Trinajstić information content (AvgIpc) is 2.84. The van der Waals surface area contributed by atoms with E-state index in [0.29, 0.717) is 6.04 Å². The smallest absolute Gasteiger partial charge is 0.0395 e. The molecule has 2 aromatic carbocycles. The summed E-state index contributed by atoms with van der Waals surface area (Å²) < 4.78 is 0. The highest BCUT2D eigenvalue weighted by atomic mass is 35.5. The Labute approximate surface area is 152 Å². The summed E-state index contributed by atoms with van der Waals surface area (Å²) in [6.07, 6.45) is 1.10. The first kappa shape index (κ1) is 20.0. The monoisotopic (exact) mass is 352 g/mol. The summed E-state index contributed by atoms with van der Waals surface area (Å²) in [5, 5.41) is 0. The lowest BCUT2D eigenvalue weighted by molar-refractivity contribution is 0.192. The van der Waals surface area contributed by atoms with Gasteiger partial charge in [0.15, 0.2) is 0 Å². The summed E-state index contributed by atoms with van der Waals surface area (Å²) in [5.74, 6) is 0. The molecule has 0 bridgehead atoms. The van der Waals surface area contributed by atoms with E-state index in [4.69, 9.17) is 0 Å². The van der Waals surface area contributed by atoms with Crippen LogP contribution in [0.3, 0.4) is 0 Å². The molecule has 0 radical (unpaired) electrons. The van der Waals surface area contributed by atoms with Gasteiger partial charge in [-0.25, -0.2) is 0 Å². The molecular formula is C19H26Cl2N2.